The number of ether oxygens (including phenoxy) is 1. The van der Waals surface area contributed by atoms with E-state index >= 15 is 0 Å². The Balaban J connectivity index is 2.76. The highest BCUT2D eigenvalue weighted by Gasteiger charge is 2.20. The Labute approximate surface area is 119 Å². The second-order valence-corrected chi connectivity index (χ2v) is 5.23. The Hall–Kier alpha value is -1.34. The monoisotopic (exact) mass is 332 g/mol. The normalized spacial score (nSPS) is 12.5. The van der Waals surface area contributed by atoms with Crippen LogP contribution in [0.4, 0.5) is 0 Å². The van der Waals surface area contributed by atoms with Crippen LogP contribution in [0.15, 0.2) is 16.7 Å². The lowest BCUT2D eigenvalue weighted by molar-refractivity contribution is -0.148. The fourth-order valence-electron chi connectivity index (χ4n) is 1.60. The molecule has 106 valence electrons. The van der Waals surface area contributed by atoms with Crippen molar-refractivity contribution >= 4 is 27.8 Å². The van der Waals surface area contributed by atoms with E-state index < -0.39 is 12.1 Å². The second-order valence-electron chi connectivity index (χ2n) is 4.32. The topological polar surface area (TPSA) is 80.6 Å². The molecule has 1 aromatic heterocycles. The van der Waals surface area contributed by atoms with Crippen LogP contribution in [-0.4, -0.2) is 41.3 Å². The van der Waals surface area contributed by atoms with Crippen molar-refractivity contribution in [3.8, 4) is 0 Å². The van der Waals surface area contributed by atoms with Crippen molar-refractivity contribution in [2.45, 2.75) is 26.0 Å². The first-order valence-electron chi connectivity index (χ1n) is 5.78. The molecular formula is C12H17BrN2O4. The number of hydrogen-bond donors (Lipinski definition) is 2. The number of halogens is 1. The first-order valence-corrected chi connectivity index (χ1v) is 6.57. The molecule has 0 aliphatic heterocycles. The van der Waals surface area contributed by atoms with Gasteiger partial charge in [-0.2, -0.15) is 0 Å². The van der Waals surface area contributed by atoms with Crippen LogP contribution in [0.5, 0.6) is 0 Å². The van der Waals surface area contributed by atoms with Crippen LogP contribution in [0.25, 0.3) is 0 Å². The molecule has 7 heteroatoms. The fraction of sp³-hybridized carbons (Fsp3) is 0.500. The average molecular weight is 333 g/mol. The third kappa shape index (κ3) is 4.07. The van der Waals surface area contributed by atoms with Gasteiger partial charge in [-0.3, -0.25) is 4.79 Å². The molecule has 1 heterocycles. The average Bonchev–Trinajstić information content (AvgIpc) is 2.71. The summed E-state index contributed by atoms with van der Waals surface area (Å²) in [4.78, 5) is 22.8. The predicted octanol–water partition coefficient (Wildman–Crippen LogP) is 1.66. The number of aliphatic carboxylic acids is 1. The van der Waals surface area contributed by atoms with Crippen LogP contribution in [-0.2, 0) is 9.53 Å². The quantitative estimate of drug-likeness (QED) is 0.830. The SMILES string of the molecule is COC(CNC(=O)c1cc(Br)cn1C(C)C)C(=O)O. The highest BCUT2D eigenvalue weighted by molar-refractivity contribution is 9.10. The number of aromatic nitrogens is 1. The van der Waals surface area contributed by atoms with Crippen molar-refractivity contribution in [2.75, 3.05) is 13.7 Å². The van der Waals surface area contributed by atoms with Crippen LogP contribution < -0.4 is 5.32 Å². The van der Waals surface area contributed by atoms with Crippen LogP contribution >= 0.6 is 15.9 Å². The molecule has 1 atom stereocenters. The van der Waals surface area contributed by atoms with E-state index in [-0.39, 0.29) is 18.5 Å². The van der Waals surface area contributed by atoms with E-state index in [0.717, 1.165) is 4.47 Å². The van der Waals surface area contributed by atoms with Gasteiger partial charge in [0, 0.05) is 23.8 Å². The van der Waals surface area contributed by atoms with Crippen molar-refractivity contribution in [1.29, 1.82) is 0 Å². The molecule has 6 nitrogen and oxygen atoms in total. The van der Waals surface area contributed by atoms with Gasteiger partial charge in [-0.1, -0.05) is 0 Å². The van der Waals surface area contributed by atoms with Gasteiger partial charge in [0.2, 0.25) is 0 Å². The molecule has 0 saturated carbocycles. The van der Waals surface area contributed by atoms with Crippen molar-refractivity contribution < 1.29 is 19.4 Å². The number of hydrogen-bond acceptors (Lipinski definition) is 3. The number of nitrogens with zero attached hydrogens (tertiary/aromatic N) is 1. The first kappa shape index (κ1) is 15.7. The number of carbonyl (C=O) groups excluding carboxylic acids is 1. The van der Waals surface area contributed by atoms with E-state index in [1.807, 2.05) is 24.6 Å². The van der Waals surface area contributed by atoms with Crippen molar-refractivity contribution in [3.05, 3.63) is 22.4 Å². The molecule has 0 saturated heterocycles. The fourth-order valence-corrected chi connectivity index (χ4v) is 2.04. The van der Waals surface area contributed by atoms with Crippen molar-refractivity contribution in [3.63, 3.8) is 0 Å². The Kier molecular flexibility index (Phi) is 5.56. The molecule has 1 rings (SSSR count). The minimum atomic E-state index is -1.11. The van der Waals surface area contributed by atoms with Crippen molar-refractivity contribution in [1.82, 2.24) is 9.88 Å². The van der Waals surface area contributed by atoms with Gasteiger partial charge in [0.15, 0.2) is 6.10 Å². The second kappa shape index (κ2) is 6.72. The summed E-state index contributed by atoms with van der Waals surface area (Å²) in [7, 11) is 1.29. The largest absolute Gasteiger partial charge is 0.479 e. The summed E-state index contributed by atoms with van der Waals surface area (Å²) in [6.45, 7) is 3.84. The summed E-state index contributed by atoms with van der Waals surface area (Å²) in [5, 5.41) is 11.4. The lowest BCUT2D eigenvalue weighted by Crippen LogP contribution is -2.38. The third-order valence-electron chi connectivity index (χ3n) is 2.61. The maximum Gasteiger partial charge on any atom is 0.334 e. The van der Waals surface area contributed by atoms with Gasteiger partial charge < -0.3 is 19.7 Å². The number of carboxylic acids is 1. The number of amides is 1. The number of carbonyl (C=O) groups is 2. The van der Waals surface area contributed by atoms with Gasteiger partial charge in [0.05, 0.1) is 6.54 Å². The lowest BCUT2D eigenvalue weighted by atomic mass is 10.3. The molecule has 0 spiro atoms. The molecule has 2 N–H and O–H groups in total. The maximum absolute atomic E-state index is 12.0. The van der Waals surface area contributed by atoms with E-state index in [1.165, 1.54) is 7.11 Å². The summed E-state index contributed by atoms with van der Waals surface area (Å²) in [5.74, 6) is -1.44. The molecule has 0 aromatic carbocycles. The first-order chi connectivity index (χ1) is 8.86. The van der Waals surface area contributed by atoms with Crippen molar-refractivity contribution in [2.24, 2.45) is 0 Å². The van der Waals surface area contributed by atoms with E-state index in [4.69, 9.17) is 9.84 Å². The molecule has 1 aromatic rings. The van der Waals surface area contributed by atoms with Crippen LogP contribution in [0.2, 0.25) is 0 Å². The highest BCUT2D eigenvalue weighted by atomic mass is 79.9. The van der Waals surface area contributed by atoms with Gasteiger partial charge in [-0.05, 0) is 35.8 Å². The Morgan fingerprint density at radius 2 is 2.16 bits per heavy atom. The summed E-state index contributed by atoms with van der Waals surface area (Å²) in [5.41, 5.74) is 0.474. The zero-order chi connectivity index (χ0) is 14.6. The summed E-state index contributed by atoms with van der Waals surface area (Å²) in [6.07, 6.45) is 0.764. The number of carboxylic acid groups (broad SMARTS) is 1. The molecule has 0 radical (unpaired) electrons. The Morgan fingerprint density at radius 1 is 1.53 bits per heavy atom. The Bertz CT molecular complexity index is 470. The van der Waals surface area contributed by atoms with Crippen LogP contribution in [0.1, 0.15) is 30.4 Å². The summed E-state index contributed by atoms with van der Waals surface area (Å²) < 4.78 is 7.36. The molecule has 0 aliphatic carbocycles. The standard InChI is InChI=1S/C12H17BrN2O4/c1-7(2)15-6-8(13)4-9(15)11(16)14-5-10(19-3)12(17)18/h4,6-7,10H,5H2,1-3H3,(H,14,16)(H,17,18). The number of nitrogens with one attached hydrogen (secondary N) is 1. The molecule has 1 amide bonds. The van der Waals surface area contributed by atoms with Gasteiger partial charge in [0.25, 0.3) is 5.91 Å². The highest BCUT2D eigenvalue weighted by Crippen LogP contribution is 2.19. The third-order valence-corrected chi connectivity index (χ3v) is 3.05. The van der Waals surface area contributed by atoms with Gasteiger partial charge >= 0.3 is 5.97 Å². The smallest absolute Gasteiger partial charge is 0.334 e. The minimum Gasteiger partial charge on any atom is -0.479 e. The van der Waals surface area contributed by atoms with E-state index in [2.05, 4.69) is 21.2 Å². The summed E-state index contributed by atoms with van der Waals surface area (Å²) >= 11 is 3.32. The molecular weight excluding hydrogens is 316 g/mol. The summed E-state index contributed by atoms with van der Waals surface area (Å²) in [6, 6.07) is 1.82. The number of rotatable bonds is 6. The van der Waals surface area contributed by atoms with E-state index in [0.29, 0.717) is 5.69 Å². The van der Waals surface area contributed by atoms with E-state index in [1.54, 1.807) is 6.07 Å². The van der Waals surface area contributed by atoms with E-state index in [9.17, 15) is 9.59 Å². The molecule has 0 fully saturated rings. The lowest BCUT2D eigenvalue weighted by Gasteiger charge is -2.14. The van der Waals surface area contributed by atoms with Gasteiger partial charge in [0.1, 0.15) is 5.69 Å². The van der Waals surface area contributed by atoms with Crippen LogP contribution in [0.3, 0.4) is 0 Å². The van der Waals surface area contributed by atoms with Gasteiger partial charge in [-0.15, -0.1) is 0 Å². The molecule has 1 unspecified atom stereocenters. The maximum atomic E-state index is 12.0. The zero-order valence-electron chi connectivity index (χ0n) is 11.0. The molecule has 19 heavy (non-hydrogen) atoms. The van der Waals surface area contributed by atoms with Gasteiger partial charge in [-0.25, -0.2) is 4.79 Å². The van der Waals surface area contributed by atoms with Crippen LogP contribution in [0, 0.1) is 0 Å². The molecule has 0 bridgehead atoms. The zero-order valence-corrected chi connectivity index (χ0v) is 12.6. The minimum absolute atomic E-state index is 0.0778. The molecule has 0 aliphatic rings. The number of methoxy groups -OCH3 is 1. The predicted molar refractivity (Wildman–Crippen MR) is 73.3 cm³/mol. The Morgan fingerprint density at radius 3 is 2.63 bits per heavy atom.